The first-order chi connectivity index (χ1) is 11.0. The van der Waals surface area contributed by atoms with Gasteiger partial charge in [0, 0.05) is 17.1 Å². The van der Waals surface area contributed by atoms with Crippen molar-refractivity contribution < 1.29 is 9.32 Å². The van der Waals surface area contributed by atoms with Crippen LogP contribution in [0.25, 0.3) is 11.5 Å². The highest BCUT2D eigenvalue weighted by Crippen LogP contribution is 2.26. The van der Waals surface area contributed by atoms with E-state index in [0.717, 1.165) is 18.5 Å². The van der Waals surface area contributed by atoms with E-state index in [-0.39, 0.29) is 29.8 Å². The van der Waals surface area contributed by atoms with Crippen molar-refractivity contribution in [2.24, 2.45) is 5.41 Å². The minimum atomic E-state index is -0.378. The van der Waals surface area contributed by atoms with Gasteiger partial charge in [-0.25, -0.2) is 0 Å². The molecule has 3 rings (SSSR count). The predicted molar refractivity (Wildman–Crippen MR) is 94.1 cm³/mol. The van der Waals surface area contributed by atoms with Gasteiger partial charge in [0.25, 0.3) is 5.89 Å². The molecular weight excluding hydrogens is 351 g/mol. The van der Waals surface area contributed by atoms with Gasteiger partial charge in [0.15, 0.2) is 5.82 Å². The third kappa shape index (κ3) is 3.88. The van der Waals surface area contributed by atoms with Gasteiger partial charge in [-0.1, -0.05) is 16.8 Å². The van der Waals surface area contributed by atoms with Crippen LogP contribution in [0.2, 0.25) is 5.02 Å². The molecule has 6 nitrogen and oxygen atoms in total. The van der Waals surface area contributed by atoms with Crippen molar-refractivity contribution in [3.05, 3.63) is 35.1 Å². The van der Waals surface area contributed by atoms with Crippen LogP contribution in [-0.2, 0) is 4.79 Å². The molecule has 2 atom stereocenters. The monoisotopic (exact) mass is 370 g/mol. The molecule has 2 aromatic rings. The fraction of sp³-hybridized carbons (Fsp3) is 0.438. The molecule has 1 fully saturated rings. The topological polar surface area (TPSA) is 80.0 Å². The molecule has 1 saturated heterocycles. The lowest BCUT2D eigenvalue weighted by atomic mass is 9.88. The Morgan fingerprint density at radius 1 is 1.42 bits per heavy atom. The molecule has 2 unspecified atom stereocenters. The Labute approximate surface area is 151 Å². The molecule has 0 saturated carbocycles. The Morgan fingerprint density at radius 2 is 2.12 bits per heavy atom. The highest BCUT2D eigenvalue weighted by Gasteiger charge is 2.37. The van der Waals surface area contributed by atoms with Crippen LogP contribution < -0.4 is 10.6 Å². The lowest BCUT2D eigenvalue weighted by molar-refractivity contribution is -0.130. The van der Waals surface area contributed by atoms with Gasteiger partial charge in [-0.3, -0.25) is 4.79 Å². The molecule has 130 valence electrons. The van der Waals surface area contributed by atoms with E-state index in [1.807, 2.05) is 26.0 Å². The maximum atomic E-state index is 12.4. The highest BCUT2D eigenvalue weighted by atomic mass is 35.5. The van der Waals surface area contributed by atoms with Crippen LogP contribution in [0.1, 0.15) is 32.1 Å². The molecule has 0 bridgehead atoms. The van der Waals surface area contributed by atoms with Crippen molar-refractivity contribution in [1.29, 1.82) is 0 Å². The normalized spacial score (nSPS) is 21.1. The number of benzene rings is 1. The maximum Gasteiger partial charge on any atom is 0.257 e. The van der Waals surface area contributed by atoms with Crippen LogP contribution >= 0.6 is 24.0 Å². The molecule has 1 aromatic carbocycles. The summed E-state index contributed by atoms with van der Waals surface area (Å²) in [6.45, 7) is 5.36. The Hall–Kier alpha value is -1.63. The number of nitrogens with one attached hydrogen (secondary N) is 2. The molecule has 24 heavy (non-hydrogen) atoms. The SMILES string of the molecule is CC(NC(=O)C1(C)CCNC1)c1noc(-c2ccc(Cl)cc2)n1.Cl. The second-order valence-electron chi connectivity index (χ2n) is 6.15. The Bertz CT molecular complexity index is 696. The second-order valence-corrected chi connectivity index (χ2v) is 6.58. The molecule has 1 aliphatic rings. The minimum absolute atomic E-state index is 0. The number of carbonyl (C=O) groups excluding carboxylic acids is 1. The van der Waals surface area contributed by atoms with Crippen molar-refractivity contribution >= 4 is 29.9 Å². The summed E-state index contributed by atoms with van der Waals surface area (Å²) < 4.78 is 5.28. The first-order valence-corrected chi connectivity index (χ1v) is 7.97. The first-order valence-electron chi connectivity index (χ1n) is 7.59. The van der Waals surface area contributed by atoms with Crippen LogP contribution in [0.5, 0.6) is 0 Å². The van der Waals surface area contributed by atoms with Crippen molar-refractivity contribution in [2.75, 3.05) is 13.1 Å². The van der Waals surface area contributed by atoms with Crippen molar-refractivity contribution in [3.8, 4) is 11.5 Å². The van der Waals surface area contributed by atoms with Crippen molar-refractivity contribution in [1.82, 2.24) is 20.8 Å². The first kappa shape index (κ1) is 18.7. The molecule has 1 aromatic heterocycles. The Balaban J connectivity index is 0.00000208. The third-order valence-corrected chi connectivity index (χ3v) is 4.44. The van der Waals surface area contributed by atoms with Gasteiger partial charge in [-0.2, -0.15) is 4.98 Å². The van der Waals surface area contributed by atoms with Crippen LogP contribution in [0.4, 0.5) is 0 Å². The summed E-state index contributed by atoms with van der Waals surface area (Å²) >= 11 is 5.87. The van der Waals surface area contributed by atoms with Crippen molar-refractivity contribution in [3.63, 3.8) is 0 Å². The summed E-state index contributed by atoms with van der Waals surface area (Å²) in [5, 5.41) is 10.8. The molecule has 2 heterocycles. The molecular formula is C16H20Cl2N4O2. The minimum Gasteiger partial charge on any atom is -0.346 e. The zero-order valence-corrected chi connectivity index (χ0v) is 15.1. The predicted octanol–water partition coefficient (Wildman–Crippen LogP) is 2.99. The van der Waals surface area contributed by atoms with Gasteiger partial charge in [0.2, 0.25) is 5.91 Å². The van der Waals surface area contributed by atoms with E-state index in [1.165, 1.54) is 0 Å². The zero-order chi connectivity index (χ0) is 16.4. The molecule has 0 spiro atoms. The lowest BCUT2D eigenvalue weighted by Crippen LogP contribution is -2.41. The number of hydrogen-bond acceptors (Lipinski definition) is 5. The van der Waals surface area contributed by atoms with E-state index >= 15 is 0 Å². The maximum absolute atomic E-state index is 12.4. The van der Waals surface area contributed by atoms with E-state index in [4.69, 9.17) is 16.1 Å². The highest BCUT2D eigenvalue weighted by molar-refractivity contribution is 6.30. The Kier molecular flexibility index (Phi) is 5.85. The largest absolute Gasteiger partial charge is 0.346 e. The van der Waals surface area contributed by atoms with Gasteiger partial charge in [0.05, 0.1) is 11.5 Å². The number of hydrogen-bond donors (Lipinski definition) is 2. The van der Waals surface area contributed by atoms with Gasteiger partial charge >= 0.3 is 0 Å². The molecule has 0 radical (unpaired) electrons. The smallest absolute Gasteiger partial charge is 0.257 e. The number of aromatic nitrogens is 2. The Morgan fingerprint density at radius 3 is 2.75 bits per heavy atom. The average Bonchev–Trinajstić information content (AvgIpc) is 3.18. The molecule has 2 N–H and O–H groups in total. The standard InChI is InChI=1S/C16H19ClN4O2.ClH/c1-10(19-15(22)16(2)7-8-18-9-16)13-20-14(23-21-13)11-3-5-12(17)6-4-11;/h3-6,10,18H,7-9H2,1-2H3,(H,19,22);1H. The zero-order valence-electron chi connectivity index (χ0n) is 13.5. The molecule has 1 amide bonds. The number of amides is 1. The second kappa shape index (κ2) is 7.51. The van der Waals surface area contributed by atoms with Crippen LogP contribution in [0.15, 0.2) is 28.8 Å². The number of carbonyl (C=O) groups is 1. The van der Waals surface area contributed by atoms with Crippen LogP contribution in [0.3, 0.4) is 0 Å². The summed E-state index contributed by atoms with van der Waals surface area (Å²) in [6.07, 6.45) is 0.827. The quantitative estimate of drug-likeness (QED) is 0.864. The average molecular weight is 371 g/mol. The van der Waals surface area contributed by atoms with Crippen molar-refractivity contribution in [2.45, 2.75) is 26.3 Å². The summed E-state index contributed by atoms with van der Waals surface area (Å²) in [6, 6.07) is 6.84. The number of nitrogens with zero attached hydrogens (tertiary/aromatic N) is 2. The summed E-state index contributed by atoms with van der Waals surface area (Å²) in [7, 11) is 0. The molecule has 0 aliphatic carbocycles. The lowest BCUT2D eigenvalue weighted by Gasteiger charge is -2.23. The van der Waals surface area contributed by atoms with E-state index in [9.17, 15) is 4.79 Å². The molecule has 8 heteroatoms. The summed E-state index contributed by atoms with van der Waals surface area (Å²) in [5.41, 5.74) is 0.412. The summed E-state index contributed by atoms with van der Waals surface area (Å²) in [4.78, 5) is 16.8. The van der Waals surface area contributed by atoms with Gasteiger partial charge < -0.3 is 15.2 Å². The third-order valence-electron chi connectivity index (χ3n) is 4.18. The van der Waals surface area contributed by atoms with Gasteiger partial charge in [-0.05, 0) is 51.1 Å². The fourth-order valence-corrected chi connectivity index (χ4v) is 2.69. The van der Waals surface area contributed by atoms with E-state index in [0.29, 0.717) is 23.3 Å². The summed E-state index contributed by atoms with van der Waals surface area (Å²) in [5.74, 6) is 0.872. The number of halogens is 2. The van der Waals surface area contributed by atoms with E-state index in [2.05, 4.69) is 20.8 Å². The number of rotatable bonds is 4. The van der Waals surface area contributed by atoms with Crippen LogP contribution in [0, 0.1) is 5.41 Å². The molecule has 1 aliphatic heterocycles. The van der Waals surface area contributed by atoms with Gasteiger partial charge in [0.1, 0.15) is 0 Å². The fourth-order valence-electron chi connectivity index (χ4n) is 2.57. The van der Waals surface area contributed by atoms with Crippen LogP contribution in [-0.4, -0.2) is 29.1 Å². The van der Waals surface area contributed by atoms with E-state index in [1.54, 1.807) is 12.1 Å². The van der Waals surface area contributed by atoms with E-state index < -0.39 is 0 Å². The van der Waals surface area contributed by atoms with Gasteiger partial charge in [-0.15, -0.1) is 12.4 Å².